The molecule has 3 nitrogen and oxygen atoms in total. The smallest absolute Gasteiger partial charge is 0.336 e. The Balaban J connectivity index is 2.00. The van der Waals surface area contributed by atoms with Crippen molar-refractivity contribution in [1.82, 2.24) is 0 Å². The van der Waals surface area contributed by atoms with Crippen LogP contribution in [-0.2, 0) is 9.53 Å². The summed E-state index contributed by atoms with van der Waals surface area (Å²) in [5.74, 6) is 0.195. The molecule has 0 amide bonds. The summed E-state index contributed by atoms with van der Waals surface area (Å²) >= 11 is 0. The van der Waals surface area contributed by atoms with Gasteiger partial charge in [-0.15, -0.1) is 0 Å². The van der Waals surface area contributed by atoms with Gasteiger partial charge >= 0.3 is 5.97 Å². The van der Waals surface area contributed by atoms with Crippen LogP contribution in [0.2, 0.25) is 0 Å². The molecule has 0 aliphatic carbocycles. The van der Waals surface area contributed by atoms with E-state index in [4.69, 9.17) is 9.47 Å². The fraction of sp³-hybridized carbons (Fsp3) is 0.167. The van der Waals surface area contributed by atoms with Gasteiger partial charge in [0.2, 0.25) is 6.29 Å². The number of esters is 1. The maximum absolute atomic E-state index is 11.4. The van der Waals surface area contributed by atoms with Crippen molar-refractivity contribution in [3.8, 4) is 16.9 Å². The maximum Gasteiger partial charge on any atom is 0.336 e. The molecule has 0 aliphatic rings. The van der Waals surface area contributed by atoms with Crippen molar-refractivity contribution in [3.63, 3.8) is 0 Å². The van der Waals surface area contributed by atoms with Crippen LogP contribution >= 0.6 is 0 Å². The van der Waals surface area contributed by atoms with E-state index in [2.05, 4.69) is 6.58 Å². The van der Waals surface area contributed by atoms with Crippen LogP contribution in [0.1, 0.15) is 13.8 Å². The van der Waals surface area contributed by atoms with Gasteiger partial charge in [0.25, 0.3) is 0 Å². The number of rotatable bonds is 5. The van der Waals surface area contributed by atoms with Crippen molar-refractivity contribution in [2.75, 3.05) is 0 Å². The molecular weight excluding hydrogens is 264 g/mol. The Kier molecular flexibility index (Phi) is 4.77. The number of ether oxygens (including phenoxy) is 2. The highest BCUT2D eigenvalue weighted by atomic mass is 16.7. The Labute approximate surface area is 124 Å². The van der Waals surface area contributed by atoms with E-state index in [-0.39, 0.29) is 0 Å². The third-order valence-corrected chi connectivity index (χ3v) is 2.88. The Morgan fingerprint density at radius 1 is 1.00 bits per heavy atom. The van der Waals surface area contributed by atoms with E-state index in [1.807, 2.05) is 54.6 Å². The van der Waals surface area contributed by atoms with Gasteiger partial charge in [0.05, 0.1) is 0 Å². The molecule has 2 rings (SSSR count). The Hall–Kier alpha value is -2.55. The third kappa shape index (κ3) is 4.21. The average molecular weight is 282 g/mol. The quantitative estimate of drug-likeness (QED) is 0.468. The minimum atomic E-state index is -0.656. The van der Waals surface area contributed by atoms with Crippen molar-refractivity contribution in [3.05, 3.63) is 66.7 Å². The first-order valence-electron chi connectivity index (χ1n) is 6.75. The summed E-state index contributed by atoms with van der Waals surface area (Å²) in [6.07, 6.45) is -0.656. The molecule has 0 spiro atoms. The topological polar surface area (TPSA) is 35.5 Å². The molecule has 21 heavy (non-hydrogen) atoms. The zero-order valence-corrected chi connectivity index (χ0v) is 12.2. The number of carbonyl (C=O) groups excluding carboxylic acids is 1. The van der Waals surface area contributed by atoms with Crippen molar-refractivity contribution in [1.29, 1.82) is 0 Å². The molecule has 1 unspecified atom stereocenters. The van der Waals surface area contributed by atoms with E-state index in [1.54, 1.807) is 13.8 Å². The maximum atomic E-state index is 11.4. The summed E-state index contributed by atoms with van der Waals surface area (Å²) in [4.78, 5) is 11.4. The van der Waals surface area contributed by atoms with Crippen LogP contribution in [0.4, 0.5) is 0 Å². The lowest BCUT2D eigenvalue weighted by molar-refractivity contribution is -0.156. The van der Waals surface area contributed by atoms with Gasteiger partial charge in [0.1, 0.15) is 5.75 Å². The van der Waals surface area contributed by atoms with E-state index in [9.17, 15) is 4.79 Å². The van der Waals surface area contributed by atoms with Crippen LogP contribution in [0.25, 0.3) is 11.1 Å². The zero-order chi connectivity index (χ0) is 15.2. The number of hydrogen-bond donors (Lipinski definition) is 0. The summed E-state index contributed by atoms with van der Waals surface area (Å²) in [6.45, 7) is 6.80. The number of benzene rings is 2. The van der Waals surface area contributed by atoms with Crippen LogP contribution in [0.5, 0.6) is 5.75 Å². The number of carbonyl (C=O) groups is 1. The molecule has 2 aromatic rings. The largest absolute Gasteiger partial charge is 0.455 e. The van der Waals surface area contributed by atoms with Crippen LogP contribution in [0, 0.1) is 0 Å². The standard InChI is InChI=1S/C18H18O3/c1-13(2)18(19)21-14(3)20-17-11-9-16(10-12-17)15-7-5-4-6-8-15/h4-12,14H,1H2,2-3H3. The Morgan fingerprint density at radius 2 is 1.57 bits per heavy atom. The van der Waals surface area contributed by atoms with Gasteiger partial charge in [0.15, 0.2) is 0 Å². The highest BCUT2D eigenvalue weighted by Crippen LogP contribution is 2.22. The average Bonchev–Trinajstić information content (AvgIpc) is 2.48. The summed E-state index contributed by atoms with van der Waals surface area (Å²) in [5, 5.41) is 0. The van der Waals surface area contributed by atoms with E-state index >= 15 is 0 Å². The lowest BCUT2D eigenvalue weighted by Gasteiger charge is -2.15. The van der Waals surface area contributed by atoms with Crippen LogP contribution in [0.15, 0.2) is 66.7 Å². The van der Waals surface area contributed by atoms with Crippen molar-refractivity contribution < 1.29 is 14.3 Å². The first kappa shape index (κ1) is 14.9. The monoisotopic (exact) mass is 282 g/mol. The van der Waals surface area contributed by atoms with Gasteiger partial charge < -0.3 is 9.47 Å². The predicted molar refractivity (Wildman–Crippen MR) is 82.9 cm³/mol. The molecule has 0 saturated heterocycles. The first-order valence-corrected chi connectivity index (χ1v) is 6.75. The first-order chi connectivity index (χ1) is 10.1. The Bertz CT molecular complexity index is 615. The second-order valence-electron chi connectivity index (χ2n) is 4.76. The molecule has 0 bridgehead atoms. The van der Waals surface area contributed by atoms with Gasteiger partial charge in [-0.1, -0.05) is 49.0 Å². The van der Waals surface area contributed by atoms with Gasteiger partial charge in [-0.25, -0.2) is 4.79 Å². The lowest BCUT2D eigenvalue weighted by atomic mass is 10.1. The van der Waals surface area contributed by atoms with Crippen molar-refractivity contribution in [2.45, 2.75) is 20.1 Å². The molecule has 2 aromatic carbocycles. The second kappa shape index (κ2) is 6.75. The van der Waals surface area contributed by atoms with Gasteiger partial charge in [-0.05, 0) is 30.2 Å². The summed E-state index contributed by atoms with van der Waals surface area (Å²) in [5.41, 5.74) is 2.60. The van der Waals surface area contributed by atoms with E-state index in [0.29, 0.717) is 11.3 Å². The number of hydrogen-bond acceptors (Lipinski definition) is 3. The van der Waals surface area contributed by atoms with Crippen LogP contribution in [0.3, 0.4) is 0 Å². The highest BCUT2D eigenvalue weighted by molar-refractivity contribution is 5.87. The normalized spacial score (nSPS) is 11.5. The van der Waals surface area contributed by atoms with Gasteiger partial charge in [-0.2, -0.15) is 0 Å². The highest BCUT2D eigenvalue weighted by Gasteiger charge is 2.11. The molecule has 0 aromatic heterocycles. The summed E-state index contributed by atoms with van der Waals surface area (Å²) in [6, 6.07) is 17.7. The summed E-state index contributed by atoms with van der Waals surface area (Å²) in [7, 11) is 0. The molecular formula is C18H18O3. The predicted octanol–water partition coefficient (Wildman–Crippen LogP) is 4.20. The van der Waals surface area contributed by atoms with E-state index in [1.165, 1.54) is 0 Å². The second-order valence-corrected chi connectivity index (χ2v) is 4.76. The van der Waals surface area contributed by atoms with Crippen LogP contribution in [-0.4, -0.2) is 12.3 Å². The van der Waals surface area contributed by atoms with Crippen molar-refractivity contribution in [2.24, 2.45) is 0 Å². The van der Waals surface area contributed by atoms with Crippen LogP contribution < -0.4 is 4.74 Å². The molecule has 108 valence electrons. The van der Waals surface area contributed by atoms with E-state index < -0.39 is 12.3 Å². The molecule has 0 fully saturated rings. The minimum absolute atomic E-state index is 0.352. The minimum Gasteiger partial charge on any atom is -0.455 e. The Morgan fingerprint density at radius 3 is 2.14 bits per heavy atom. The lowest BCUT2D eigenvalue weighted by Crippen LogP contribution is -2.21. The van der Waals surface area contributed by atoms with Crippen molar-refractivity contribution >= 4 is 5.97 Å². The third-order valence-electron chi connectivity index (χ3n) is 2.88. The molecule has 0 heterocycles. The van der Waals surface area contributed by atoms with Gasteiger partial charge in [-0.3, -0.25) is 0 Å². The molecule has 0 radical (unpaired) electrons. The zero-order valence-electron chi connectivity index (χ0n) is 12.2. The summed E-state index contributed by atoms with van der Waals surface area (Å²) < 4.78 is 10.6. The molecule has 0 saturated carbocycles. The molecule has 0 aliphatic heterocycles. The SMILES string of the molecule is C=C(C)C(=O)OC(C)Oc1ccc(-c2ccccc2)cc1. The molecule has 3 heteroatoms. The fourth-order valence-electron chi connectivity index (χ4n) is 1.82. The molecule has 1 atom stereocenters. The fourth-order valence-corrected chi connectivity index (χ4v) is 1.82. The molecule has 0 N–H and O–H groups in total. The van der Waals surface area contributed by atoms with Gasteiger partial charge in [0, 0.05) is 12.5 Å². The van der Waals surface area contributed by atoms with E-state index in [0.717, 1.165) is 11.1 Å².